The molecule has 64 valence electrons. The smallest absolute Gasteiger partial charge is 0.274 e. The number of aromatic hydroxyl groups is 1. The number of hydrogen-bond donors (Lipinski definition) is 2. The third-order valence-corrected chi connectivity index (χ3v) is 1.30. The van der Waals surface area contributed by atoms with Crippen molar-refractivity contribution in [1.29, 1.82) is 0 Å². The number of phenols is 1. The van der Waals surface area contributed by atoms with Crippen LogP contribution in [0.25, 0.3) is 0 Å². The Hall–Kier alpha value is -1.55. The topological polar surface area (TPSA) is 58.6 Å². The Bertz CT molecular complexity index is 285. The normalized spacial score (nSPS) is 9.42. The van der Waals surface area contributed by atoms with Crippen LogP contribution in [0, 0.1) is 0 Å². The average Bonchev–Trinajstić information content (AvgIpc) is 2.05. The standard InChI is InChI=1S/C8H9NO3/c1-12-9-8(11)6-3-2-4-7(10)5-6/h2-5,10H,1H3,(H,9,11). The van der Waals surface area contributed by atoms with Gasteiger partial charge < -0.3 is 5.11 Å². The van der Waals surface area contributed by atoms with Crippen molar-refractivity contribution in [1.82, 2.24) is 5.48 Å². The molecule has 4 nitrogen and oxygen atoms in total. The first-order valence-electron chi connectivity index (χ1n) is 3.36. The molecule has 0 saturated carbocycles. The van der Waals surface area contributed by atoms with E-state index in [0.717, 1.165) is 0 Å². The Balaban J connectivity index is 2.81. The van der Waals surface area contributed by atoms with E-state index >= 15 is 0 Å². The van der Waals surface area contributed by atoms with E-state index in [9.17, 15) is 4.79 Å². The molecule has 0 fully saturated rings. The van der Waals surface area contributed by atoms with E-state index in [0.29, 0.717) is 5.56 Å². The number of carbonyl (C=O) groups excluding carboxylic acids is 1. The molecule has 2 N–H and O–H groups in total. The molecule has 1 amide bonds. The maximum atomic E-state index is 11.0. The lowest BCUT2D eigenvalue weighted by atomic mass is 10.2. The van der Waals surface area contributed by atoms with Crippen molar-refractivity contribution in [2.24, 2.45) is 0 Å². The summed E-state index contributed by atoms with van der Waals surface area (Å²) >= 11 is 0. The van der Waals surface area contributed by atoms with Crippen LogP contribution in [0.4, 0.5) is 0 Å². The minimum Gasteiger partial charge on any atom is -0.508 e. The lowest BCUT2D eigenvalue weighted by Gasteiger charge is -2.01. The first kappa shape index (κ1) is 8.55. The molecule has 0 aliphatic carbocycles. The van der Waals surface area contributed by atoms with Gasteiger partial charge in [-0.05, 0) is 18.2 Å². The summed E-state index contributed by atoms with van der Waals surface area (Å²) in [5.41, 5.74) is 2.50. The van der Waals surface area contributed by atoms with Crippen LogP contribution in [0.15, 0.2) is 24.3 Å². The van der Waals surface area contributed by atoms with Crippen LogP contribution in [-0.4, -0.2) is 18.1 Å². The molecule has 4 heteroatoms. The molecule has 0 unspecified atom stereocenters. The van der Waals surface area contributed by atoms with Gasteiger partial charge in [0.15, 0.2) is 0 Å². The highest BCUT2D eigenvalue weighted by Crippen LogP contribution is 2.10. The quantitative estimate of drug-likeness (QED) is 0.637. The van der Waals surface area contributed by atoms with Gasteiger partial charge in [0.1, 0.15) is 5.75 Å². The van der Waals surface area contributed by atoms with Crippen molar-refractivity contribution < 1.29 is 14.7 Å². The maximum Gasteiger partial charge on any atom is 0.274 e. The third kappa shape index (κ3) is 1.96. The van der Waals surface area contributed by atoms with Crippen LogP contribution in [0.3, 0.4) is 0 Å². The average molecular weight is 167 g/mol. The third-order valence-electron chi connectivity index (χ3n) is 1.30. The summed E-state index contributed by atoms with van der Waals surface area (Å²) in [5.74, 6) is -0.327. The zero-order valence-corrected chi connectivity index (χ0v) is 6.57. The van der Waals surface area contributed by atoms with Crippen LogP contribution < -0.4 is 5.48 Å². The number of benzene rings is 1. The minimum atomic E-state index is -0.381. The Morgan fingerprint density at radius 1 is 1.58 bits per heavy atom. The van der Waals surface area contributed by atoms with Gasteiger partial charge in [-0.15, -0.1) is 0 Å². The minimum absolute atomic E-state index is 0.0544. The number of rotatable bonds is 2. The summed E-state index contributed by atoms with van der Waals surface area (Å²) in [6, 6.07) is 6.01. The first-order valence-corrected chi connectivity index (χ1v) is 3.36. The molecule has 0 aliphatic rings. The maximum absolute atomic E-state index is 11.0. The second-order valence-electron chi connectivity index (χ2n) is 2.19. The van der Waals surface area contributed by atoms with E-state index in [1.165, 1.54) is 19.2 Å². The molecule has 0 heterocycles. The van der Waals surface area contributed by atoms with Gasteiger partial charge in [0, 0.05) is 5.56 Å². The van der Waals surface area contributed by atoms with Crippen LogP contribution in [0.2, 0.25) is 0 Å². The molecule has 0 saturated heterocycles. The number of amides is 1. The van der Waals surface area contributed by atoms with Crippen molar-refractivity contribution >= 4 is 5.91 Å². The molecule has 0 aliphatic heterocycles. The number of nitrogens with one attached hydrogen (secondary N) is 1. The second kappa shape index (κ2) is 3.73. The van der Waals surface area contributed by atoms with Gasteiger partial charge in [-0.1, -0.05) is 6.07 Å². The molecule has 0 atom stereocenters. The molecule has 1 aromatic rings. The van der Waals surface area contributed by atoms with Crippen LogP contribution in [-0.2, 0) is 4.84 Å². The highest BCUT2D eigenvalue weighted by atomic mass is 16.6. The van der Waals surface area contributed by atoms with E-state index in [1.54, 1.807) is 12.1 Å². The fraction of sp³-hybridized carbons (Fsp3) is 0.125. The van der Waals surface area contributed by atoms with Crippen LogP contribution in [0.5, 0.6) is 5.75 Å². The lowest BCUT2D eigenvalue weighted by Crippen LogP contribution is -2.21. The fourth-order valence-corrected chi connectivity index (χ4v) is 0.799. The van der Waals surface area contributed by atoms with Gasteiger partial charge >= 0.3 is 0 Å². The summed E-state index contributed by atoms with van der Waals surface area (Å²) in [6.07, 6.45) is 0. The van der Waals surface area contributed by atoms with E-state index in [2.05, 4.69) is 10.3 Å². The largest absolute Gasteiger partial charge is 0.508 e. The monoisotopic (exact) mass is 167 g/mol. The van der Waals surface area contributed by atoms with Gasteiger partial charge in [0.05, 0.1) is 7.11 Å². The molecule has 1 rings (SSSR count). The number of phenolic OH excluding ortho intramolecular Hbond substituents is 1. The summed E-state index contributed by atoms with van der Waals surface area (Å²) in [6.45, 7) is 0. The molecule has 1 aromatic carbocycles. The Kier molecular flexibility index (Phi) is 2.66. The molecular weight excluding hydrogens is 158 g/mol. The summed E-state index contributed by atoms with van der Waals surface area (Å²) < 4.78 is 0. The van der Waals surface area contributed by atoms with Crippen molar-refractivity contribution in [3.63, 3.8) is 0 Å². The molecule has 0 radical (unpaired) electrons. The van der Waals surface area contributed by atoms with Gasteiger partial charge in [-0.25, -0.2) is 5.48 Å². The Morgan fingerprint density at radius 2 is 2.33 bits per heavy atom. The zero-order chi connectivity index (χ0) is 8.97. The molecular formula is C8H9NO3. The first-order chi connectivity index (χ1) is 5.74. The highest BCUT2D eigenvalue weighted by Gasteiger charge is 2.03. The summed E-state index contributed by atoms with van der Waals surface area (Å²) in [4.78, 5) is 15.5. The highest BCUT2D eigenvalue weighted by molar-refractivity contribution is 5.93. The van der Waals surface area contributed by atoms with Crippen LogP contribution >= 0.6 is 0 Å². The van der Waals surface area contributed by atoms with Gasteiger partial charge in [0.2, 0.25) is 0 Å². The zero-order valence-electron chi connectivity index (χ0n) is 6.57. The van der Waals surface area contributed by atoms with E-state index in [-0.39, 0.29) is 11.7 Å². The second-order valence-corrected chi connectivity index (χ2v) is 2.19. The fourth-order valence-electron chi connectivity index (χ4n) is 0.799. The number of hydrogen-bond acceptors (Lipinski definition) is 3. The van der Waals surface area contributed by atoms with E-state index < -0.39 is 0 Å². The van der Waals surface area contributed by atoms with Gasteiger partial charge in [0.25, 0.3) is 5.91 Å². The Morgan fingerprint density at radius 3 is 2.92 bits per heavy atom. The predicted molar refractivity (Wildman–Crippen MR) is 42.6 cm³/mol. The van der Waals surface area contributed by atoms with Gasteiger partial charge in [-0.2, -0.15) is 0 Å². The summed E-state index contributed by atoms with van der Waals surface area (Å²) in [5, 5.41) is 9.01. The SMILES string of the molecule is CONC(=O)c1cccc(O)c1. The van der Waals surface area contributed by atoms with Crippen molar-refractivity contribution in [3.8, 4) is 5.75 Å². The number of carbonyl (C=O) groups is 1. The van der Waals surface area contributed by atoms with Crippen molar-refractivity contribution in [2.45, 2.75) is 0 Å². The molecule has 12 heavy (non-hydrogen) atoms. The van der Waals surface area contributed by atoms with Crippen LogP contribution in [0.1, 0.15) is 10.4 Å². The van der Waals surface area contributed by atoms with E-state index in [4.69, 9.17) is 5.11 Å². The van der Waals surface area contributed by atoms with E-state index in [1.807, 2.05) is 0 Å². The van der Waals surface area contributed by atoms with Crippen molar-refractivity contribution in [3.05, 3.63) is 29.8 Å². The van der Waals surface area contributed by atoms with Gasteiger partial charge in [-0.3, -0.25) is 9.63 Å². The number of hydroxylamine groups is 1. The predicted octanol–water partition coefficient (Wildman–Crippen LogP) is 0.683. The summed E-state index contributed by atoms with van der Waals surface area (Å²) in [7, 11) is 1.35. The Labute approximate surface area is 69.7 Å². The lowest BCUT2D eigenvalue weighted by molar-refractivity contribution is 0.0537. The molecule has 0 aromatic heterocycles. The van der Waals surface area contributed by atoms with Crippen molar-refractivity contribution in [2.75, 3.05) is 7.11 Å². The molecule has 0 bridgehead atoms. The molecule has 0 spiro atoms.